The van der Waals surface area contributed by atoms with Crippen LogP contribution in [0.2, 0.25) is 0 Å². The van der Waals surface area contributed by atoms with Crippen LogP contribution in [0.15, 0.2) is 48.5 Å². The quantitative estimate of drug-likeness (QED) is 0.491. The van der Waals surface area contributed by atoms with Gasteiger partial charge < -0.3 is 10.1 Å². The molecule has 0 spiro atoms. The number of para-hydroxylation sites is 1. The highest BCUT2D eigenvalue weighted by Gasteiger charge is 2.19. The van der Waals surface area contributed by atoms with Crippen LogP contribution in [-0.4, -0.2) is 22.5 Å². The molecule has 2 aromatic rings. The Morgan fingerprint density at radius 1 is 1.21 bits per heavy atom. The van der Waals surface area contributed by atoms with Crippen molar-refractivity contribution >= 4 is 34.6 Å². The topological polar surface area (TPSA) is 93.5 Å². The lowest BCUT2D eigenvalue weighted by Crippen LogP contribution is -2.34. The maximum absolute atomic E-state index is 12.1. The zero-order valence-electron chi connectivity index (χ0n) is 12.8. The van der Waals surface area contributed by atoms with Gasteiger partial charge in [0, 0.05) is 11.8 Å². The molecule has 0 aliphatic rings. The van der Waals surface area contributed by atoms with Crippen molar-refractivity contribution in [2.45, 2.75) is 6.92 Å². The summed E-state index contributed by atoms with van der Waals surface area (Å²) in [6.07, 6.45) is 0. The van der Waals surface area contributed by atoms with Crippen LogP contribution in [0.25, 0.3) is 0 Å². The van der Waals surface area contributed by atoms with Gasteiger partial charge in [-0.15, -0.1) is 0 Å². The minimum absolute atomic E-state index is 0.0438. The van der Waals surface area contributed by atoms with E-state index in [0.717, 1.165) is 5.75 Å². The molecule has 0 bridgehead atoms. The molecule has 2 rings (SSSR count). The standard InChI is InChI=1S/C16H15N3O4S/c1-2-23-12-9-7-11(8-10-12)17-16(24)18-15(20)13-5-3-4-6-14(13)19(21)22/h3-10H,2H2,1H3,(H2,17,18,20,24). The summed E-state index contributed by atoms with van der Waals surface area (Å²) in [4.78, 5) is 22.5. The summed E-state index contributed by atoms with van der Waals surface area (Å²) in [7, 11) is 0. The van der Waals surface area contributed by atoms with E-state index in [4.69, 9.17) is 17.0 Å². The first-order valence-electron chi connectivity index (χ1n) is 7.10. The van der Waals surface area contributed by atoms with Gasteiger partial charge in [0.1, 0.15) is 11.3 Å². The zero-order valence-corrected chi connectivity index (χ0v) is 13.6. The van der Waals surface area contributed by atoms with Gasteiger partial charge in [-0.05, 0) is 49.5 Å². The molecule has 0 aromatic heterocycles. The normalized spacial score (nSPS) is 9.88. The Morgan fingerprint density at radius 2 is 1.88 bits per heavy atom. The molecule has 0 aliphatic carbocycles. The Hall–Kier alpha value is -3.00. The number of hydrogen-bond donors (Lipinski definition) is 2. The van der Waals surface area contributed by atoms with E-state index in [1.807, 2.05) is 6.92 Å². The Balaban J connectivity index is 2.02. The first kappa shape index (κ1) is 17.4. The SMILES string of the molecule is CCOc1ccc(NC(=S)NC(=O)c2ccccc2[N+](=O)[O-])cc1. The van der Waals surface area contributed by atoms with E-state index in [0.29, 0.717) is 12.3 Å². The van der Waals surface area contributed by atoms with Crippen molar-refractivity contribution < 1.29 is 14.5 Å². The fraction of sp³-hybridized carbons (Fsp3) is 0.125. The lowest BCUT2D eigenvalue weighted by atomic mass is 10.1. The van der Waals surface area contributed by atoms with Gasteiger partial charge in [-0.2, -0.15) is 0 Å². The van der Waals surface area contributed by atoms with Crippen molar-refractivity contribution in [3.63, 3.8) is 0 Å². The molecule has 0 saturated carbocycles. The number of thiocarbonyl (C=S) groups is 1. The number of hydrogen-bond acceptors (Lipinski definition) is 5. The van der Waals surface area contributed by atoms with Crippen LogP contribution < -0.4 is 15.4 Å². The fourth-order valence-corrected chi connectivity index (χ4v) is 2.17. The average Bonchev–Trinajstić information content (AvgIpc) is 2.56. The summed E-state index contributed by atoms with van der Waals surface area (Å²) in [6, 6.07) is 12.7. The van der Waals surface area contributed by atoms with Gasteiger partial charge in [0.2, 0.25) is 0 Å². The third-order valence-electron chi connectivity index (χ3n) is 3.00. The Labute approximate surface area is 143 Å². The van der Waals surface area contributed by atoms with Crippen LogP contribution in [0, 0.1) is 10.1 Å². The molecule has 24 heavy (non-hydrogen) atoms. The third kappa shape index (κ3) is 4.50. The molecular formula is C16H15N3O4S. The van der Waals surface area contributed by atoms with Gasteiger partial charge in [0.25, 0.3) is 11.6 Å². The molecule has 0 aliphatic heterocycles. The van der Waals surface area contributed by atoms with Crippen LogP contribution in [0.5, 0.6) is 5.75 Å². The number of nitro groups is 1. The van der Waals surface area contributed by atoms with Gasteiger partial charge in [0.05, 0.1) is 11.5 Å². The van der Waals surface area contributed by atoms with Crippen molar-refractivity contribution in [2.75, 3.05) is 11.9 Å². The second-order valence-electron chi connectivity index (χ2n) is 4.64. The van der Waals surface area contributed by atoms with Gasteiger partial charge >= 0.3 is 0 Å². The van der Waals surface area contributed by atoms with Gasteiger partial charge in [-0.25, -0.2) is 0 Å². The molecule has 0 radical (unpaired) electrons. The number of rotatable bonds is 5. The van der Waals surface area contributed by atoms with Crippen LogP contribution in [-0.2, 0) is 0 Å². The van der Waals surface area contributed by atoms with Crippen LogP contribution in [0.4, 0.5) is 11.4 Å². The largest absolute Gasteiger partial charge is 0.494 e. The van der Waals surface area contributed by atoms with Crippen molar-refractivity contribution in [3.05, 3.63) is 64.2 Å². The van der Waals surface area contributed by atoms with Crippen molar-refractivity contribution in [1.82, 2.24) is 5.32 Å². The van der Waals surface area contributed by atoms with Gasteiger partial charge in [-0.3, -0.25) is 20.2 Å². The maximum Gasteiger partial charge on any atom is 0.282 e. The van der Waals surface area contributed by atoms with Crippen molar-refractivity contribution in [2.24, 2.45) is 0 Å². The van der Waals surface area contributed by atoms with E-state index in [-0.39, 0.29) is 16.4 Å². The molecule has 7 nitrogen and oxygen atoms in total. The molecule has 1 amide bonds. The molecule has 0 unspecified atom stereocenters. The summed E-state index contributed by atoms with van der Waals surface area (Å²) < 4.78 is 5.33. The number of benzene rings is 2. The average molecular weight is 345 g/mol. The number of carbonyl (C=O) groups excluding carboxylic acids is 1. The molecule has 8 heteroatoms. The van der Waals surface area contributed by atoms with Crippen LogP contribution >= 0.6 is 12.2 Å². The number of amides is 1. The van der Waals surface area contributed by atoms with Crippen LogP contribution in [0.3, 0.4) is 0 Å². The molecule has 0 fully saturated rings. The van der Waals surface area contributed by atoms with E-state index in [9.17, 15) is 14.9 Å². The zero-order chi connectivity index (χ0) is 17.5. The van der Waals surface area contributed by atoms with Crippen LogP contribution in [0.1, 0.15) is 17.3 Å². The summed E-state index contributed by atoms with van der Waals surface area (Å²) >= 11 is 5.06. The molecule has 2 aromatic carbocycles. The predicted octanol–water partition coefficient (Wildman–Crippen LogP) is 3.12. The minimum Gasteiger partial charge on any atom is -0.494 e. The minimum atomic E-state index is -0.647. The number of nitrogens with zero attached hydrogens (tertiary/aromatic N) is 1. The van der Waals surface area contributed by atoms with E-state index in [1.54, 1.807) is 30.3 Å². The highest BCUT2D eigenvalue weighted by atomic mass is 32.1. The van der Waals surface area contributed by atoms with E-state index < -0.39 is 10.8 Å². The summed E-state index contributed by atoms with van der Waals surface area (Å²) in [5.74, 6) is 0.0728. The predicted molar refractivity (Wildman–Crippen MR) is 94.4 cm³/mol. The number of anilines is 1. The highest BCUT2D eigenvalue weighted by molar-refractivity contribution is 7.80. The third-order valence-corrected chi connectivity index (χ3v) is 3.20. The van der Waals surface area contributed by atoms with Crippen molar-refractivity contribution in [3.8, 4) is 5.75 Å². The second kappa shape index (κ2) is 8.02. The van der Waals surface area contributed by atoms with Crippen molar-refractivity contribution in [1.29, 1.82) is 0 Å². The first-order valence-corrected chi connectivity index (χ1v) is 7.50. The monoisotopic (exact) mass is 345 g/mol. The molecular weight excluding hydrogens is 330 g/mol. The summed E-state index contributed by atoms with van der Waals surface area (Å²) in [5, 5.41) is 16.3. The van der Waals surface area contributed by atoms with E-state index >= 15 is 0 Å². The summed E-state index contributed by atoms with van der Waals surface area (Å²) in [5.41, 5.74) is 0.323. The van der Waals surface area contributed by atoms with E-state index in [2.05, 4.69) is 10.6 Å². The van der Waals surface area contributed by atoms with Gasteiger partial charge in [0.15, 0.2) is 5.11 Å². The molecule has 2 N–H and O–H groups in total. The Morgan fingerprint density at radius 3 is 2.50 bits per heavy atom. The molecule has 0 atom stereocenters. The second-order valence-corrected chi connectivity index (χ2v) is 5.05. The maximum atomic E-state index is 12.1. The van der Waals surface area contributed by atoms with Gasteiger partial charge in [-0.1, -0.05) is 12.1 Å². The number of nitrogens with one attached hydrogen (secondary N) is 2. The lowest BCUT2D eigenvalue weighted by Gasteiger charge is -2.10. The highest BCUT2D eigenvalue weighted by Crippen LogP contribution is 2.18. The number of carbonyl (C=O) groups is 1. The van der Waals surface area contributed by atoms with E-state index in [1.165, 1.54) is 18.2 Å². The molecule has 0 heterocycles. The summed E-state index contributed by atoms with van der Waals surface area (Å²) in [6.45, 7) is 2.46. The Kier molecular flexibility index (Phi) is 5.80. The number of nitro benzene ring substituents is 1. The molecule has 0 saturated heterocycles. The number of ether oxygens (including phenoxy) is 1. The lowest BCUT2D eigenvalue weighted by molar-refractivity contribution is -0.385. The Bertz CT molecular complexity index is 762. The fourth-order valence-electron chi connectivity index (χ4n) is 1.96. The first-order chi connectivity index (χ1) is 11.5. The molecule has 124 valence electrons. The smallest absolute Gasteiger partial charge is 0.282 e.